The molecule has 1 aliphatic carbocycles. The van der Waals surface area contributed by atoms with Gasteiger partial charge in [-0.25, -0.2) is 18.2 Å². The number of sulfone groups is 1. The summed E-state index contributed by atoms with van der Waals surface area (Å²) < 4.78 is 60.7. The number of aryl methyl sites for hydroxylation is 1. The average molecular weight is 479 g/mol. The molecule has 1 aromatic heterocycles. The lowest BCUT2D eigenvalue weighted by Crippen LogP contribution is -2.28. The maximum atomic E-state index is 12.3. The van der Waals surface area contributed by atoms with Gasteiger partial charge in [-0.2, -0.15) is 13.2 Å². The molecule has 1 heterocycles. The zero-order valence-electron chi connectivity index (χ0n) is 17.6. The molecule has 1 amide bonds. The van der Waals surface area contributed by atoms with Gasteiger partial charge in [-0.1, -0.05) is 27.2 Å². The van der Waals surface area contributed by atoms with Crippen LogP contribution in [0.4, 0.5) is 23.1 Å². The molecule has 2 aromatic rings. The van der Waals surface area contributed by atoms with E-state index in [1.165, 1.54) is 11.3 Å². The number of amides is 1. The molecule has 1 aliphatic rings. The van der Waals surface area contributed by atoms with E-state index in [1.807, 2.05) is 6.92 Å². The Morgan fingerprint density at radius 1 is 1.16 bits per heavy atom. The Labute approximate surface area is 183 Å². The van der Waals surface area contributed by atoms with E-state index >= 15 is 0 Å². The number of carbonyl (C=O) groups is 1. The topological polar surface area (TPSA) is 96.4 Å². The summed E-state index contributed by atoms with van der Waals surface area (Å²) >= 11 is 1.39. The van der Waals surface area contributed by atoms with Gasteiger partial charge >= 0.3 is 12.3 Å². The molecule has 0 spiro atoms. The summed E-state index contributed by atoms with van der Waals surface area (Å²) in [7, 11) is -3.43. The molecule has 1 fully saturated rings. The van der Waals surface area contributed by atoms with Crippen molar-refractivity contribution in [3.05, 3.63) is 40.4 Å². The Morgan fingerprint density at radius 3 is 2.06 bits per heavy atom. The number of aromatic nitrogens is 1. The summed E-state index contributed by atoms with van der Waals surface area (Å²) in [4.78, 5) is 15.6. The van der Waals surface area contributed by atoms with Crippen LogP contribution in [0.3, 0.4) is 0 Å². The van der Waals surface area contributed by atoms with Gasteiger partial charge in [0.25, 0.3) is 0 Å². The fraction of sp³-hybridized carbons (Fsp3) is 0.500. The number of benzene rings is 1. The Kier molecular flexibility index (Phi) is 7.42. The van der Waals surface area contributed by atoms with Crippen LogP contribution in [0.1, 0.15) is 56.2 Å². The molecule has 1 saturated carbocycles. The molecule has 0 radical (unpaired) electrons. The van der Waals surface area contributed by atoms with Crippen molar-refractivity contribution in [2.75, 3.05) is 5.32 Å². The molecule has 0 aliphatic heterocycles. The molecular weight excluding hydrogens is 453 g/mol. The maximum absolute atomic E-state index is 12.3. The number of rotatable bonds is 3. The van der Waals surface area contributed by atoms with Gasteiger partial charge in [0.15, 0.2) is 15.0 Å². The molecule has 0 atom stereocenters. The van der Waals surface area contributed by atoms with E-state index in [-0.39, 0.29) is 10.3 Å². The second kappa shape index (κ2) is 9.15. The van der Waals surface area contributed by atoms with E-state index in [1.54, 1.807) is 0 Å². The van der Waals surface area contributed by atoms with Crippen LogP contribution in [0.2, 0.25) is 0 Å². The smallest absolute Gasteiger partial charge is 0.416 e. The number of anilines is 1. The highest BCUT2D eigenvalue weighted by Crippen LogP contribution is 2.34. The Bertz CT molecular complexity index is 1020. The fourth-order valence-electron chi connectivity index (χ4n) is 2.94. The van der Waals surface area contributed by atoms with Gasteiger partial charge in [-0.15, -0.1) is 11.3 Å². The second-order valence-corrected chi connectivity index (χ2v) is 11.5. The Hall–Kier alpha value is -2.14. The van der Waals surface area contributed by atoms with Gasteiger partial charge in [-0.3, -0.25) is 5.32 Å². The highest BCUT2D eigenvalue weighted by Gasteiger charge is 2.34. The quantitative estimate of drug-likeness (QED) is 0.575. The van der Waals surface area contributed by atoms with Gasteiger partial charge in [-0.05, 0) is 49.4 Å². The Balaban J connectivity index is 0.000000225. The molecule has 0 bridgehead atoms. The fourth-order valence-corrected chi connectivity index (χ4v) is 5.81. The van der Waals surface area contributed by atoms with Gasteiger partial charge in [0.2, 0.25) is 0 Å². The van der Waals surface area contributed by atoms with E-state index < -0.39 is 32.9 Å². The molecule has 2 N–H and O–H groups in total. The van der Waals surface area contributed by atoms with Gasteiger partial charge in [0.1, 0.15) is 0 Å². The standard InChI is InChI=1S/C11H11F3O2S.C9H14N2O2S/c12-11(13,14)8-4-6-10(7-5-8)17(15,16)9-2-1-3-9;1-5-6(9(2,3)4)14-7(10-5)11-8(12)13/h4-7,9H,1-3H2;1-4H3,(H,10,11)(H,12,13). The maximum Gasteiger partial charge on any atom is 0.416 e. The average Bonchev–Trinajstić information content (AvgIpc) is 2.92. The molecule has 6 nitrogen and oxygen atoms in total. The summed E-state index contributed by atoms with van der Waals surface area (Å²) in [5.74, 6) is 0. The van der Waals surface area contributed by atoms with E-state index in [0.717, 1.165) is 41.3 Å². The molecule has 31 heavy (non-hydrogen) atoms. The van der Waals surface area contributed by atoms with E-state index in [9.17, 15) is 26.4 Å². The molecule has 0 unspecified atom stereocenters. The number of thiazole rings is 1. The minimum absolute atomic E-state index is 0.0141. The minimum atomic E-state index is -4.43. The first-order valence-corrected chi connectivity index (χ1v) is 11.9. The number of alkyl halides is 3. The first-order chi connectivity index (χ1) is 14.1. The first-order valence-electron chi connectivity index (χ1n) is 9.51. The zero-order valence-corrected chi connectivity index (χ0v) is 19.2. The van der Waals surface area contributed by atoms with Gasteiger partial charge < -0.3 is 5.11 Å². The van der Waals surface area contributed by atoms with Crippen LogP contribution >= 0.6 is 11.3 Å². The van der Waals surface area contributed by atoms with Crippen LogP contribution in [-0.4, -0.2) is 29.9 Å². The molecular formula is C20H25F3N2O4S2. The highest BCUT2D eigenvalue weighted by molar-refractivity contribution is 7.92. The Morgan fingerprint density at radius 2 is 1.71 bits per heavy atom. The zero-order chi connectivity index (χ0) is 23.6. The lowest BCUT2D eigenvalue weighted by molar-refractivity contribution is -0.137. The van der Waals surface area contributed by atoms with Crippen LogP contribution in [0.5, 0.6) is 0 Å². The van der Waals surface area contributed by atoms with Crippen molar-refractivity contribution in [3.8, 4) is 0 Å². The first kappa shape index (κ1) is 25.1. The molecule has 3 rings (SSSR count). The van der Waals surface area contributed by atoms with Crippen molar-refractivity contribution in [1.29, 1.82) is 0 Å². The van der Waals surface area contributed by atoms with Crippen molar-refractivity contribution in [2.24, 2.45) is 0 Å². The predicted molar refractivity (Wildman–Crippen MR) is 113 cm³/mol. The lowest BCUT2D eigenvalue weighted by Gasteiger charge is -2.25. The predicted octanol–water partition coefficient (Wildman–Crippen LogP) is 5.87. The monoisotopic (exact) mass is 478 g/mol. The van der Waals surface area contributed by atoms with E-state index in [0.29, 0.717) is 18.0 Å². The van der Waals surface area contributed by atoms with Gasteiger partial charge in [0, 0.05) is 4.88 Å². The molecule has 0 saturated heterocycles. The second-order valence-electron chi connectivity index (χ2n) is 8.23. The van der Waals surface area contributed by atoms with Crippen molar-refractivity contribution in [2.45, 2.75) is 68.7 Å². The van der Waals surface area contributed by atoms with Crippen molar-refractivity contribution in [3.63, 3.8) is 0 Å². The minimum Gasteiger partial charge on any atom is -0.465 e. The third kappa shape index (κ3) is 6.42. The summed E-state index contributed by atoms with van der Waals surface area (Å²) in [6.45, 7) is 8.14. The normalized spacial score (nSPS) is 14.9. The van der Waals surface area contributed by atoms with E-state index in [4.69, 9.17) is 5.11 Å². The number of carboxylic acid groups (broad SMARTS) is 1. The summed E-state index contributed by atoms with van der Waals surface area (Å²) in [5, 5.41) is 10.8. The number of nitrogens with one attached hydrogen (secondary N) is 1. The third-order valence-corrected chi connectivity index (χ3v) is 8.47. The van der Waals surface area contributed by atoms with Crippen LogP contribution in [-0.2, 0) is 21.4 Å². The number of hydrogen-bond donors (Lipinski definition) is 2. The molecule has 1 aromatic carbocycles. The number of nitrogens with zero attached hydrogens (tertiary/aromatic N) is 1. The van der Waals surface area contributed by atoms with Crippen LogP contribution in [0.15, 0.2) is 29.2 Å². The number of hydrogen-bond acceptors (Lipinski definition) is 5. The molecule has 172 valence electrons. The van der Waals surface area contributed by atoms with Crippen LogP contribution < -0.4 is 5.32 Å². The van der Waals surface area contributed by atoms with Crippen molar-refractivity contribution < 1.29 is 31.5 Å². The van der Waals surface area contributed by atoms with Crippen molar-refractivity contribution >= 4 is 32.4 Å². The summed E-state index contributed by atoms with van der Waals surface area (Å²) in [6.07, 6.45) is -3.44. The summed E-state index contributed by atoms with van der Waals surface area (Å²) in [5.41, 5.74) is 0.0801. The SMILES string of the molecule is Cc1nc(NC(=O)O)sc1C(C)(C)C.O=S(=O)(c1ccc(C(F)(F)F)cc1)C1CCC1. The molecule has 11 heteroatoms. The lowest BCUT2D eigenvalue weighted by atomic mass is 9.94. The van der Waals surface area contributed by atoms with Crippen LogP contribution in [0.25, 0.3) is 0 Å². The third-order valence-electron chi connectivity index (χ3n) is 4.69. The largest absolute Gasteiger partial charge is 0.465 e. The summed E-state index contributed by atoms with van der Waals surface area (Å²) in [6, 6.07) is 3.70. The van der Waals surface area contributed by atoms with E-state index in [2.05, 4.69) is 31.1 Å². The van der Waals surface area contributed by atoms with Crippen LogP contribution in [0, 0.1) is 6.92 Å². The highest BCUT2D eigenvalue weighted by atomic mass is 32.2. The number of halogens is 3. The van der Waals surface area contributed by atoms with Gasteiger partial charge in [0.05, 0.1) is 21.4 Å². The van der Waals surface area contributed by atoms with Crippen molar-refractivity contribution in [1.82, 2.24) is 4.98 Å².